The molecule has 2 heterocycles. The van der Waals surface area contributed by atoms with Gasteiger partial charge in [0.1, 0.15) is 0 Å². The van der Waals surface area contributed by atoms with E-state index in [1.54, 1.807) is 4.90 Å². The van der Waals surface area contributed by atoms with Crippen molar-refractivity contribution in [3.8, 4) is 6.07 Å². The fourth-order valence-electron chi connectivity index (χ4n) is 3.36. The lowest BCUT2D eigenvalue weighted by Crippen LogP contribution is -2.47. The molecule has 7 heteroatoms. The van der Waals surface area contributed by atoms with Crippen molar-refractivity contribution in [2.45, 2.75) is 12.3 Å². The number of carbonyl (C=O) groups excluding carboxylic acids is 1. The summed E-state index contributed by atoms with van der Waals surface area (Å²) in [6, 6.07) is 17.8. The lowest BCUT2D eigenvalue weighted by molar-refractivity contribution is -0.129. The van der Waals surface area contributed by atoms with Crippen molar-refractivity contribution < 1.29 is 4.79 Å². The van der Waals surface area contributed by atoms with Crippen LogP contribution in [0, 0.1) is 11.3 Å². The Morgan fingerprint density at radius 2 is 1.85 bits per heavy atom. The van der Waals surface area contributed by atoms with Crippen LogP contribution in [0.1, 0.15) is 17.9 Å². The summed E-state index contributed by atoms with van der Waals surface area (Å²) in [5.41, 5.74) is 2.68. The van der Waals surface area contributed by atoms with Crippen LogP contribution >= 0.6 is 39.3 Å². The van der Waals surface area contributed by atoms with Crippen LogP contribution in [0.15, 0.2) is 63.6 Å². The average Bonchev–Trinajstić information content (AvgIpc) is 2.69. The summed E-state index contributed by atoms with van der Waals surface area (Å²) in [6.45, 7) is 0.445. The molecule has 0 unspecified atom stereocenters. The van der Waals surface area contributed by atoms with Crippen molar-refractivity contribution in [1.82, 2.24) is 4.90 Å². The Bertz CT molecular complexity index is 953. The highest BCUT2D eigenvalue weighted by atomic mass is 79.9. The molecule has 0 spiro atoms. The lowest BCUT2D eigenvalue weighted by Gasteiger charge is -2.42. The third-order valence-corrected chi connectivity index (χ3v) is 6.69. The molecular formula is C20H15BrClN3OS. The zero-order valence-corrected chi connectivity index (χ0v) is 17.4. The molecule has 0 saturated carbocycles. The maximum Gasteiger partial charge on any atom is 0.229 e. The fraction of sp³-hybridized carbons (Fsp3) is 0.200. The van der Waals surface area contributed by atoms with Crippen LogP contribution in [0.25, 0.3) is 0 Å². The number of rotatable bonds is 2. The van der Waals surface area contributed by atoms with Gasteiger partial charge >= 0.3 is 0 Å². The summed E-state index contributed by atoms with van der Waals surface area (Å²) in [5.74, 6) is 0.540. The third kappa shape index (κ3) is 3.60. The average molecular weight is 461 g/mol. The molecule has 136 valence electrons. The van der Waals surface area contributed by atoms with E-state index in [2.05, 4.69) is 26.9 Å². The third-order valence-electron chi connectivity index (χ3n) is 4.76. The molecule has 0 radical (unpaired) electrons. The second-order valence-corrected chi connectivity index (χ2v) is 8.68. The molecule has 2 aromatic carbocycles. The number of anilines is 1. The molecule has 1 saturated heterocycles. The normalized spacial score (nSPS) is 19.7. The molecule has 1 fully saturated rings. The first kappa shape index (κ1) is 18.4. The van der Waals surface area contributed by atoms with Crippen molar-refractivity contribution in [2.75, 3.05) is 17.4 Å². The Morgan fingerprint density at radius 1 is 1.15 bits per heavy atom. The molecule has 2 aliphatic heterocycles. The minimum Gasteiger partial charge on any atom is -0.344 e. The second kappa shape index (κ2) is 7.59. The van der Waals surface area contributed by atoms with Crippen LogP contribution in [-0.4, -0.2) is 23.4 Å². The number of hydrogen-bond acceptors (Lipinski definition) is 4. The highest BCUT2D eigenvalue weighted by Crippen LogP contribution is 2.43. The van der Waals surface area contributed by atoms with Crippen molar-refractivity contribution in [3.63, 3.8) is 0 Å². The van der Waals surface area contributed by atoms with Gasteiger partial charge < -0.3 is 4.90 Å². The Hall–Kier alpha value is -1.94. The molecular weight excluding hydrogens is 446 g/mol. The predicted octanol–water partition coefficient (Wildman–Crippen LogP) is 5.32. The molecule has 2 aromatic rings. The van der Waals surface area contributed by atoms with E-state index >= 15 is 0 Å². The first-order chi connectivity index (χ1) is 13.1. The first-order valence-electron chi connectivity index (χ1n) is 8.40. The smallest absolute Gasteiger partial charge is 0.229 e. The van der Waals surface area contributed by atoms with Crippen molar-refractivity contribution >= 4 is 50.9 Å². The van der Waals surface area contributed by atoms with Crippen molar-refractivity contribution in [2.24, 2.45) is 0 Å². The van der Waals surface area contributed by atoms with Gasteiger partial charge in [-0.3, -0.25) is 9.69 Å². The van der Waals surface area contributed by atoms with Crippen LogP contribution in [0.3, 0.4) is 0 Å². The molecule has 2 aliphatic rings. The topological polar surface area (TPSA) is 47.3 Å². The minimum absolute atomic E-state index is 0.0445. The maximum atomic E-state index is 12.9. The van der Waals surface area contributed by atoms with E-state index in [9.17, 15) is 10.1 Å². The number of hydrogen-bond donors (Lipinski definition) is 0. The number of amides is 1. The van der Waals surface area contributed by atoms with Gasteiger partial charge in [0.25, 0.3) is 0 Å². The summed E-state index contributed by atoms with van der Waals surface area (Å²) < 4.78 is 0.979. The first-order valence-corrected chi connectivity index (χ1v) is 10.6. The Morgan fingerprint density at radius 3 is 2.52 bits per heavy atom. The number of allylic oxidation sites excluding steroid dienone is 1. The van der Waals surface area contributed by atoms with E-state index in [-0.39, 0.29) is 11.8 Å². The molecule has 0 N–H and O–H groups in total. The number of thioether (sulfide) groups is 1. The SMILES string of the molecule is N#CC1=C2SCN(c3ccc(Cl)cc3)CN2C(=O)C[C@H]1c1ccc(Br)cc1. The van der Waals surface area contributed by atoms with Crippen molar-refractivity contribution in [1.29, 1.82) is 5.26 Å². The van der Waals surface area contributed by atoms with E-state index < -0.39 is 0 Å². The second-order valence-electron chi connectivity index (χ2n) is 6.39. The zero-order chi connectivity index (χ0) is 19.0. The Balaban J connectivity index is 1.65. The highest BCUT2D eigenvalue weighted by Gasteiger charge is 2.38. The van der Waals surface area contributed by atoms with Gasteiger partial charge in [-0.2, -0.15) is 5.26 Å². The number of nitrogens with zero attached hydrogens (tertiary/aromatic N) is 3. The standard InChI is InChI=1S/C20H15BrClN3OS/c21-14-3-1-13(2-4-14)17-9-19(26)25-11-24(12-27-20(25)18(17)10-23)16-7-5-15(22)6-8-16/h1-8,17H,9,11-12H2/t17-/m0/s1. The van der Waals surface area contributed by atoms with Gasteiger partial charge in [-0.25, -0.2) is 0 Å². The number of nitriles is 1. The molecule has 0 aromatic heterocycles. The van der Waals surface area contributed by atoms with Crippen LogP contribution < -0.4 is 4.90 Å². The largest absolute Gasteiger partial charge is 0.344 e. The zero-order valence-electron chi connectivity index (χ0n) is 14.2. The number of fused-ring (bicyclic) bond motifs is 1. The van der Waals surface area contributed by atoms with Gasteiger partial charge in [0.2, 0.25) is 5.91 Å². The van der Waals surface area contributed by atoms with Gasteiger partial charge in [0.15, 0.2) is 0 Å². The quantitative estimate of drug-likeness (QED) is 0.608. The number of benzene rings is 2. The summed E-state index contributed by atoms with van der Waals surface area (Å²) in [5, 5.41) is 11.3. The summed E-state index contributed by atoms with van der Waals surface area (Å²) >= 11 is 10.9. The predicted molar refractivity (Wildman–Crippen MR) is 112 cm³/mol. The molecule has 27 heavy (non-hydrogen) atoms. The fourth-order valence-corrected chi connectivity index (χ4v) is 4.92. The Kier molecular flexibility index (Phi) is 5.18. The highest BCUT2D eigenvalue weighted by molar-refractivity contribution is 9.10. The lowest BCUT2D eigenvalue weighted by atomic mass is 9.86. The molecule has 1 amide bonds. The van der Waals surface area contributed by atoms with Gasteiger partial charge in [-0.05, 0) is 42.0 Å². The molecule has 1 atom stereocenters. The van der Waals surface area contributed by atoms with Crippen LogP contribution in [0.5, 0.6) is 0 Å². The van der Waals surface area contributed by atoms with Crippen LogP contribution in [0.2, 0.25) is 5.02 Å². The minimum atomic E-state index is -0.184. The summed E-state index contributed by atoms with van der Waals surface area (Å²) in [6.07, 6.45) is 0.309. The van der Waals surface area contributed by atoms with Crippen LogP contribution in [-0.2, 0) is 4.79 Å². The van der Waals surface area contributed by atoms with Crippen LogP contribution in [0.4, 0.5) is 5.69 Å². The maximum absolute atomic E-state index is 12.9. The number of halogens is 2. The Labute approximate surface area is 175 Å². The molecule has 4 nitrogen and oxygen atoms in total. The summed E-state index contributed by atoms with van der Waals surface area (Å²) in [7, 11) is 0. The van der Waals surface area contributed by atoms with E-state index in [4.69, 9.17) is 11.6 Å². The van der Waals surface area contributed by atoms with Crippen molar-refractivity contribution in [3.05, 3.63) is 74.2 Å². The van der Waals surface area contributed by atoms with E-state index in [0.29, 0.717) is 29.6 Å². The van der Waals surface area contributed by atoms with Gasteiger partial charge in [-0.15, -0.1) is 0 Å². The van der Waals surface area contributed by atoms with E-state index in [0.717, 1.165) is 20.8 Å². The molecule has 4 rings (SSSR count). The monoisotopic (exact) mass is 459 g/mol. The van der Waals surface area contributed by atoms with Gasteiger partial charge in [0, 0.05) is 27.5 Å². The van der Waals surface area contributed by atoms with E-state index in [1.807, 2.05) is 48.5 Å². The number of carbonyl (C=O) groups is 1. The summed E-state index contributed by atoms with van der Waals surface area (Å²) in [4.78, 5) is 16.7. The molecule has 0 bridgehead atoms. The van der Waals surface area contributed by atoms with Gasteiger partial charge in [-0.1, -0.05) is 51.4 Å². The molecule has 0 aliphatic carbocycles. The van der Waals surface area contributed by atoms with Gasteiger partial charge in [0.05, 0.1) is 29.2 Å². The van der Waals surface area contributed by atoms with E-state index in [1.165, 1.54) is 11.8 Å².